The van der Waals surface area contributed by atoms with Crippen molar-refractivity contribution in [3.05, 3.63) is 78.0 Å². The Balaban J connectivity index is 1.65. The molecule has 1 amide bonds. The van der Waals surface area contributed by atoms with E-state index in [1.54, 1.807) is 0 Å². The van der Waals surface area contributed by atoms with Crippen LogP contribution in [-0.4, -0.2) is 29.3 Å². The largest absolute Gasteiger partial charge is 0.469 e. The van der Waals surface area contributed by atoms with Gasteiger partial charge in [-0.15, -0.1) is 10.2 Å². The van der Waals surface area contributed by atoms with E-state index < -0.39 is 20.7 Å². The van der Waals surface area contributed by atoms with Crippen LogP contribution < -0.4 is 14.2 Å². The molecule has 0 aliphatic heterocycles. The van der Waals surface area contributed by atoms with Crippen molar-refractivity contribution in [1.29, 1.82) is 0 Å². The van der Waals surface area contributed by atoms with E-state index >= 15 is 0 Å². The van der Waals surface area contributed by atoms with E-state index in [0.717, 1.165) is 11.3 Å². The monoisotopic (exact) mass is 455 g/mol. The van der Waals surface area contributed by atoms with E-state index in [0.29, 0.717) is 5.75 Å². The highest BCUT2D eigenvalue weighted by Crippen LogP contribution is 2.26. The topological polar surface area (TPSA) is 107 Å². The number of hydrogen-bond acceptors (Lipinski definition) is 7. The highest BCUT2D eigenvalue weighted by molar-refractivity contribution is 7.91. The molecule has 3 aromatic rings. The molecule has 1 N–H and O–H groups in total. The molecule has 8 nitrogen and oxygen atoms in total. The Morgan fingerprint density at radius 3 is 2.25 bits per heavy atom. The summed E-state index contributed by atoms with van der Waals surface area (Å²) in [5.41, 5.74) is 0.731. The van der Waals surface area contributed by atoms with Crippen LogP contribution in [0.2, 0.25) is 0 Å². The van der Waals surface area contributed by atoms with Gasteiger partial charge in [0.15, 0.2) is 5.69 Å². The summed E-state index contributed by atoms with van der Waals surface area (Å²) >= 11 is 0. The normalized spacial score (nSPS) is 12.6. The number of sulfonamides is 1. The number of aromatic nitrogens is 2. The maximum absolute atomic E-state index is 12.2. The first-order valence-corrected chi connectivity index (χ1v) is 11.4. The number of ether oxygens (including phenoxy) is 2. The van der Waals surface area contributed by atoms with Gasteiger partial charge in [0.05, 0.1) is 4.75 Å². The number of para-hydroxylation sites is 1. The molecular formula is C23H25N3O5S. The minimum absolute atomic E-state index is 0.129. The SMILES string of the molecule is C[C@@H](Oc1ccc(C(=O)NS(=O)(=O)C(C)(C)C)nn1)c1cccc(Oc2ccccc2)c1. The average Bonchev–Trinajstić information content (AvgIpc) is 2.74. The van der Waals surface area contributed by atoms with Gasteiger partial charge in [-0.25, -0.2) is 13.1 Å². The number of nitrogens with zero attached hydrogens (tertiary/aromatic N) is 2. The Hall–Kier alpha value is -3.46. The van der Waals surface area contributed by atoms with Crippen molar-refractivity contribution >= 4 is 15.9 Å². The number of rotatable bonds is 7. The quantitative estimate of drug-likeness (QED) is 0.567. The number of carbonyl (C=O) groups excluding carboxylic acids is 1. The van der Waals surface area contributed by atoms with E-state index in [9.17, 15) is 13.2 Å². The predicted octanol–water partition coefficient (Wildman–Crippen LogP) is 4.27. The molecule has 9 heteroatoms. The van der Waals surface area contributed by atoms with Crippen LogP contribution in [0.3, 0.4) is 0 Å². The summed E-state index contributed by atoms with van der Waals surface area (Å²) in [7, 11) is -3.85. The van der Waals surface area contributed by atoms with Crippen LogP contribution in [0, 0.1) is 0 Å². The molecule has 2 aromatic carbocycles. The molecule has 0 aliphatic carbocycles. The maximum atomic E-state index is 12.2. The second-order valence-electron chi connectivity index (χ2n) is 8.05. The highest BCUT2D eigenvalue weighted by atomic mass is 32.2. The highest BCUT2D eigenvalue weighted by Gasteiger charge is 2.31. The summed E-state index contributed by atoms with van der Waals surface area (Å²) in [5.74, 6) is 0.744. The number of nitrogens with one attached hydrogen (secondary N) is 1. The van der Waals surface area contributed by atoms with Crippen molar-refractivity contribution in [2.75, 3.05) is 0 Å². The Morgan fingerprint density at radius 2 is 1.62 bits per heavy atom. The lowest BCUT2D eigenvalue weighted by molar-refractivity contribution is 0.0974. The lowest BCUT2D eigenvalue weighted by Crippen LogP contribution is -2.42. The summed E-state index contributed by atoms with van der Waals surface area (Å²) in [6.45, 7) is 6.32. The van der Waals surface area contributed by atoms with Gasteiger partial charge in [-0.05, 0) is 63.6 Å². The summed E-state index contributed by atoms with van der Waals surface area (Å²) < 4.78 is 36.8. The van der Waals surface area contributed by atoms with E-state index in [1.807, 2.05) is 66.2 Å². The molecule has 0 aliphatic rings. The molecule has 0 saturated heterocycles. The van der Waals surface area contributed by atoms with Crippen LogP contribution >= 0.6 is 0 Å². The minimum Gasteiger partial charge on any atom is -0.469 e. The van der Waals surface area contributed by atoms with E-state index in [-0.39, 0.29) is 17.7 Å². The molecule has 0 fully saturated rings. The van der Waals surface area contributed by atoms with Crippen LogP contribution in [0.4, 0.5) is 0 Å². The molecule has 168 valence electrons. The lowest BCUT2D eigenvalue weighted by Gasteiger charge is -2.19. The van der Waals surface area contributed by atoms with Gasteiger partial charge in [0.25, 0.3) is 5.91 Å². The summed E-state index contributed by atoms with van der Waals surface area (Å²) in [5, 5.41) is 7.68. The fraction of sp³-hybridized carbons (Fsp3) is 0.261. The van der Waals surface area contributed by atoms with Crippen molar-refractivity contribution in [3.63, 3.8) is 0 Å². The van der Waals surface area contributed by atoms with Gasteiger partial charge >= 0.3 is 0 Å². The van der Waals surface area contributed by atoms with Crippen molar-refractivity contribution in [2.45, 2.75) is 38.5 Å². The van der Waals surface area contributed by atoms with E-state index in [4.69, 9.17) is 9.47 Å². The minimum atomic E-state index is -3.85. The smallest absolute Gasteiger partial charge is 0.285 e. The fourth-order valence-corrected chi connectivity index (χ4v) is 3.19. The second-order valence-corrected chi connectivity index (χ2v) is 10.5. The third kappa shape index (κ3) is 5.82. The molecule has 1 aromatic heterocycles. The molecule has 1 atom stereocenters. The van der Waals surface area contributed by atoms with Crippen LogP contribution in [0.1, 0.15) is 49.9 Å². The third-order valence-electron chi connectivity index (χ3n) is 4.51. The average molecular weight is 456 g/mol. The van der Waals surface area contributed by atoms with Gasteiger partial charge < -0.3 is 9.47 Å². The van der Waals surface area contributed by atoms with Crippen LogP contribution in [0.5, 0.6) is 17.4 Å². The molecule has 0 spiro atoms. The molecule has 3 rings (SSSR count). The van der Waals surface area contributed by atoms with Gasteiger partial charge in [0.2, 0.25) is 15.9 Å². The Bertz CT molecular complexity index is 1170. The first-order chi connectivity index (χ1) is 15.0. The molecule has 0 bridgehead atoms. The van der Waals surface area contributed by atoms with E-state index in [1.165, 1.54) is 32.9 Å². The van der Waals surface area contributed by atoms with Gasteiger partial charge in [0, 0.05) is 6.07 Å². The summed E-state index contributed by atoms with van der Waals surface area (Å²) in [4.78, 5) is 12.2. The fourth-order valence-electron chi connectivity index (χ4n) is 2.54. The van der Waals surface area contributed by atoms with Crippen molar-refractivity contribution in [2.24, 2.45) is 0 Å². The molecule has 0 saturated carbocycles. The first-order valence-electron chi connectivity index (χ1n) is 9.95. The Labute approximate surface area is 187 Å². The third-order valence-corrected chi connectivity index (χ3v) is 6.58. The molecule has 1 heterocycles. The molecular weight excluding hydrogens is 430 g/mol. The lowest BCUT2D eigenvalue weighted by atomic mass is 10.1. The van der Waals surface area contributed by atoms with Gasteiger partial charge in [-0.1, -0.05) is 30.3 Å². The summed E-state index contributed by atoms with van der Waals surface area (Å²) in [6.07, 6.45) is -0.371. The zero-order valence-electron chi connectivity index (χ0n) is 18.3. The molecule has 32 heavy (non-hydrogen) atoms. The standard InChI is InChI=1S/C23H25N3O5S/c1-16(17-9-8-12-19(15-17)31-18-10-6-5-7-11-18)30-21-14-13-20(24-25-21)22(27)26-32(28,29)23(2,3)4/h5-16H,1-4H3,(H,26,27)/t16-/m1/s1. The van der Waals surface area contributed by atoms with Crippen LogP contribution in [0.15, 0.2) is 66.7 Å². The Morgan fingerprint density at radius 1 is 0.938 bits per heavy atom. The van der Waals surface area contributed by atoms with Crippen LogP contribution in [0.25, 0.3) is 0 Å². The number of benzene rings is 2. The maximum Gasteiger partial charge on any atom is 0.285 e. The zero-order valence-corrected chi connectivity index (χ0v) is 19.1. The van der Waals surface area contributed by atoms with Gasteiger partial charge in [-0.3, -0.25) is 4.79 Å². The van der Waals surface area contributed by atoms with Gasteiger partial charge in [-0.2, -0.15) is 0 Å². The molecule has 0 unspecified atom stereocenters. The number of amides is 1. The predicted molar refractivity (Wildman–Crippen MR) is 120 cm³/mol. The van der Waals surface area contributed by atoms with Crippen molar-refractivity contribution < 1.29 is 22.7 Å². The van der Waals surface area contributed by atoms with E-state index in [2.05, 4.69) is 10.2 Å². The van der Waals surface area contributed by atoms with Crippen LogP contribution in [-0.2, 0) is 10.0 Å². The first kappa shape index (κ1) is 23.2. The zero-order chi connectivity index (χ0) is 23.4. The Kier molecular flexibility index (Phi) is 6.78. The number of carbonyl (C=O) groups is 1. The van der Waals surface area contributed by atoms with Crippen molar-refractivity contribution in [1.82, 2.24) is 14.9 Å². The van der Waals surface area contributed by atoms with Crippen molar-refractivity contribution in [3.8, 4) is 17.4 Å². The van der Waals surface area contributed by atoms with Gasteiger partial charge in [0.1, 0.15) is 17.6 Å². The number of hydrogen-bond donors (Lipinski definition) is 1. The summed E-state index contributed by atoms with van der Waals surface area (Å²) in [6, 6.07) is 19.7. The molecule has 0 radical (unpaired) electrons. The second kappa shape index (κ2) is 9.35.